The van der Waals surface area contributed by atoms with Gasteiger partial charge in [-0.3, -0.25) is 28.5 Å². The van der Waals surface area contributed by atoms with Gasteiger partial charge in [0.25, 0.3) is 0 Å². The van der Waals surface area contributed by atoms with Gasteiger partial charge in [0, 0.05) is 6.20 Å². The molecule has 1 aliphatic heterocycles. The molecule has 0 saturated carbocycles. The highest BCUT2D eigenvalue weighted by Gasteiger charge is 2.47. The summed E-state index contributed by atoms with van der Waals surface area (Å²) in [6.45, 7) is -0.0869. The molecule has 4 rings (SSSR count). The van der Waals surface area contributed by atoms with Gasteiger partial charge in [-0.1, -0.05) is 30.3 Å². The number of esters is 1. The molecule has 0 spiro atoms. The minimum Gasteiger partial charge on any atom is -0.460 e. The molecule has 42 heavy (non-hydrogen) atoms. The maximum Gasteiger partial charge on any atom is 0.433 e. The lowest BCUT2D eigenvalue weighted by molar-refractivity contribution is -0.402. The number of hydrogen-bond donors (Lipinski definition) is 3. The molecular weight excluding hydrogens is 584 g/mol. The molecule has 1 saturated heterocycles. The Bertz CT molecular complexity index is 1500. The summed E-state index contributed by atoms with van der Waals surface area (Å²) in [5.41, 5.74) is 5.23. The second kappa shape index (κ2) is 13.3. The summed E-state index contributed by atoms with van der Waals surface area (Å²) in [5, 5.41) is 23.7. The third-order valence-corrected chi connectivity index (χ3v) is 7.62. The van der Waals surface area contributed by atoms with Crippen LogP contribution >= 0.6 is 7.75 Å². The molecule has 0 amide bonds. The standard InChI is InChI=1S/C24H27FN5O11P/c1-14(23(32)37-11-15-5-3-2-4-6-15)28-42(36,38-12-16-7-8-19(40-16)30(34)35)39-13-17-21(31)20(25)22(41-17)29-10-9-18(26)27-24(29)33/h2-10,14,17,20-22,31H,11-13H2,1H3,(H,28,36)(H2,26,27,33)/t14-,17+,20-,21?,22+,42?/m0/s1. The zero-order chi connectivity index (χ0) is 30.4. The van der Waals surface area contributed by atoms with Crippen molar-refractivity contribution in [2.45, 2.75) is 50.8 Å². The predicted octanol–water partition coefficient (Wildman–Crippen LogP) is 1.99. The number of carbonyl (C=O) groups is 1. The van der Waals surface area contributed by atoms with E-state index in [1.54, 1.807) is 30.3 Å². The Morgan fingerprint density at radius 2 is 2.00 bits per heavy atom. The van der Waals surface area contributed by atoms with E-state index in [-0.39, 0.29) is 18.2 Å². The van der Waals surface area contributed by atoms with E-state index >= 15 is 0 Å². The molecule has 0 bridgehead atoms. The minimum atomic E-state index is -4.50. The van der Waals surface area contributed by atoms with Gasteiger partial charge in [0.05, 0.1) is 12.7 Å². The van der Waals surface area contributed by atoms with Crippen LogP contribution in [0, 0.1) is 10.1 Å². The molecule has 6 atom stereocenters. The van der Waals surface area contributed by atoms with E-state index in [9.17, 15) is 33.8 Å². The molecule has 226 valence electrons. The highest BCUT2D eigenvalue weighted by molar-refractivity contribution is 7.51. The number of aromatic nitrogens is 2. The maximum absolute atomic E-state index is 14.9. The summed E-state index contributed by atoms with van der Waals surface area (Å²) in [5.74, 6) is -1.61. The summed E-state index contributed by atoms with van der Waals surface area (Å²) in [6, 6.07) is 11.0. The Hall–Kier alpha value is -3.99. The lowest BCUT2D eigenvalue weighted by atomic mass is 10.1. The van der Waals surface area contributed by atoms with Crippen LogP contribution in [0.1, 0.15) is 24.5 Å². The number of halogens is 1. The van der Waals surface area contributed by atoms with Gasteiger partial charge in [-0.05, 0) is 24.6 Å². The van der Waals surface area contributed by atoms with Crippen molar-refractivity contribution in [1.29, 1.82) is 0 Å². The molecule has 1 fully saturated rings. The number of nitrogens with two attached hydrogens (primary N) is 1. The largest absolute Gasteiger partial charge is 0.460 e. The van der Waals surface area contributed by atoms with Gasteiger partial charge in [0.2, 0.25) is 0 Å². The number of nitro groups is 1. The SMILES string of the molecule is C[C@H](NP(=O)(OCc1ccc([N+](=O)[O-])o1)OC[C@H]1O[C@@H](n2ccc(N)nc2=O)[C@@H](F)C1O)C(=O)OCc1ccccc1. The van der Waals surface area contributed by atoms with Crippen molar-refractivity contribution < 1.29 is 46.7 Å². The number of aliphatic hydroxyl groups is 1. The molecular formula is C24H27FN5O11P. The second-order valence-corrected chi connectivity index (χ2v) is 10.8. The lowest BCUT2D eigenvalue weighted by Gasteiger charge is -2.24. The first-order valence-electron chi connectivity index (χ1n) is 12.4. The Labute approximate surface area is 236 Å². The number of anilines is 1. The van der Waals surface area contributed by atoms with Crippen molar-refractivity contribution in [3.05, 3.63) is 86.7 Å². The Balaban J connectivity index is 1.45. The van der Waals surface area contributed by atoms with Gasteiger partial charge in [0.15, 0.2) is 12.4 Å². The zero-order valence-corrected chi connectivity index (χ0v) is 22.9. The van der Waals surface area contributed by atoms with Crippen molar-refractivity contribution in [2.75, 3.05) is 12.3 Å². The molecule has 16 nitrogen and oxygen atoms in total. The molecule has 18 heteroatoms. The normalized spacial score (nSPS) is 22.4. The van der Waals surface area contributed by atoms with Crippen LogP contribution in [0.15, 0.2) is 63.9 Å². The molecule has 2 aromatic heterocycles. The number of furan rings is 1. The van der Waals surface area contributed by atoms with Crippen molar-refractivity contribution >= 4 is 25.4 Å². The fourth-order valence-corrected chi connectivity index (χ4v) is 5.25. The monoisotopic (exact) mass is 611 g/mol. The molecule has 1 aliphatic rings. The minimum absolute atomic E-state index is 0.0749. The Kier molecular flexibility index (Phi) is 9.82. The highest BCUT2D eigenvalue weighted by atomic mass is 31.2. The van der Waals surface area contributed by atoms with Gasteiger partial charge in [0.1, 0.15) is 48.0 Å². The van der Waals surface area contributed by atoms with Gasteiger partial charge >= 0.3 is 25.3 Å². The van der Waals surface area contributed by atoms with Crippen LogP contribution in [0.2, 0.25) is 0 Å². The fourth-order valence-electron chi connectivity index (χ4n) is 3.80. The Morgan fingerprint density at radius 1 is 1.26 bits per heavy atom. The number of nitrogen functional groups attached to an aromatic ring is 1. The average Bonchev–Trinajstić information content (AvgIpc) is 3.55. The third-order valence-electron chi connectivity index (χ3n) is 5.96. The molecule has 4 N–H and O–H groups in total. The van der Waals surface area contributed by atoms with Crippen LogP contribution in [0.4, 0.5) is 16.1 Å². The number of ether oxygens (including phenoxy) is 2. The summed E-state index contributed by atoms with van der Waals surface area (Å²) >= 11 is 0. The van der Waals surface area contributed by atoms with Crippen LogP contribution in [0.5, 0.6) is 0 Å². The van der Waals surface area contributed by atoms with Gasteiger partial charge in [-0.25, -0.2) is 18.8 Å². The smallest absolute Gasteiger partial charge is 0.433 e. The topological polar surface area (TPSA) is 221 Å². The van der Waals surface area contributed by atoms with Gasteiger partial charge in [-0.2, -0.15) is 4.98 Å². The number of alkyl halides is 1. The number of benzene rings is 1. The summed E-state index contributed by atoms with van der Waals surface area (Å²) in [4.78, 5) is 38.3. The molecule has 1 aromatic carbocycles. The van der Waals surface area contributed by atoms with Crippen molar-refractivity contribution in [2.24, 2.45) is 0 Å². The summed E-state index contributed by atoms with van der Waals surface area (Å²) in [7, 11) is -4.50. The average molecular weight is 611 g/mol. The fraction of sp³-hybridized carbons (Fsp3) is 0.375. The highest BCUT2D eigenvalue weighted by Crippen LogP contribution is 2.46. The summed E-state index contributed by atoms with van der Waals surface area (Å²) in [6.07, 6.45) is -5.84. The summed E-state index contributed by atoms with van der Waals surface area (Å²) < 4.78 is 55.8. The maximum atomic E-state index is 14.9. The first-order valence-corrected chi connectivity index (χ1v) is 13.9. The predicted molar refractivity (Wildman–Crippen MR) is 140 cm³/mol. The van der Waals surface area contributed by atoms with Crippen LogP contribution in [-0.2, 0) is 41.1 Å². The number of aliphatic hydroxyl groups excluding tert-OH is 1. The van der Waals surface area contributed by atoms with E-state index in [4.69, 9.17) is 28.7 Å². The zero-order valence-electron chi connectivity index (χ0n) is 22.0. The van der Waals surface area contributed by atoms with E-state index in [1.165, 1.54) is 19.1 Å². The van der Waals surface area contributed by atoms with Crippen LogP contribution in [0.3, 0.4) is 0 Å². The van der Waals surface area contributed by atoms with Crippen LogP contribution < -0.4 is 16.5 Å². The van der Waals surface area contributed by atoms with Crippen molar-refractivity contribution in [3.8, 4) is 0 Å². The Morgan fingerprint density at radius 3 is 2.67 bits per heavy atom. The molecule has 0 radical (unpaired) electrons. The quantitative estimate of drug-likeness (QED) is 0.109. The molecule has 3 heterocycles. The third kappa shape index (κ3) is 7.64. The van der Waals surface area contributed by atoms with Crippen LogP contribution in [-0.4, -0.2) is 56.6 Å². The molecule has 3 aromatic rings. The van der Waals surface area contributed by atoms with E-state index in [1.807, 2.05) is 0 Å². The van der Waals surface area contributed by atoms with Gasteiger partial charge in [-0.15, -0.1) is 0 Å². The first kappa shape index (κ1) is 31.0. The van der Waals surface area contributed by atoms with E-state index < -0.39 is 74.1 Å². The van der Waals surface area contributed by atoms with Crippen LogP contribution in [0.25, 0.3) is 0 Å². The van der Waals surface area contributed by atoms with Crippen molar-refractivity contribution in [3.63, 3.8) is 0 Å². The lowest BCUT2D eigenvalue weighted by Crippen LogP contribution is -2.36. The van der Waals surface area contributed by atoms with E-state index in [2.05, 4.69) is 10.1 Å². The number of nitrogens with zero attached hydrogens (tertiary/aromatic N) is 3. The second-order valence-electron chi connectivity index (χ2n) is 9.05. The number of carbonyl (C=O) groups excluding carboxylic acids is 1. The number of nitrogens with one attached hydrogen (secondary N) is 1. The van der Waals surface area contributed by atoms with Crippen molar-refractivity contribution in [1.82, 2.24) is 14.6 Å². The number of hydrogen-bond acceptors (Lipinski definition) is 13. The number of rotatable bonds is 13. The molecule has 0 aliphatic carbocycles. The van der Waals surface area contributed by atoms with E-state index in [0.717, 1.165) is 16.8 Å². The van der Waals surface area contributed by atoms with Gasteiger partial charge < -0.3 is 24.7 Å². The van der Waals surface area contributed by atoms with E-state index in [0.29, 0.717) is 5.56 Å². The first-order chi connectivity index (χ1) is 20.0. The molecule has 2 unspecified atom stereocenters.